The highest BCUT2D eigenvalue weighted by Gasteiger charge is 2.10. The summed E-state index contributed by atoms with van der Waals surface area (Å²) in [6.45, 7) is 2.95. The second kappa shape index (κ2) is 6.69. The van der Waals surface area contributed by atoms with Crippen molar-refractivity contribution in [2.75, 3.05) is 7.05 Å². The molecule has 118 valence electrons. The average Bonchev–Trinajstić information content (AvgIpc) is 2.93. The van der Waals surface area contributed by atoms with Crippen molar-refractivity contribution in [2.45, 2.75) is 26.3 Å². The van der Waals surface area contributed by atoms with Crippen LogP contribution in [0.1, 0.15) is 23.1 Å². The molecule has 0 radical (unpaired) electrons. The Morgan fingerprint density at radius 3 is 2.57 bits per heavy atom. The van der Waals surface area contributed by atoms with Crippen LogP contribution < -0.4 is 5.32 Å². The third-order valence-electron chi connectivity index (χ3n) is 4.24. The monoisotopic (exact) mass is 306 g/mol. The highest BCUT2D eigenvalue weighted by Crippen LogP contribution is 2.23. The van der Waals surface area contributed by atoms with Crippen molar-refractivity contribution in [1.82, 2.24) is 9.88 Å². The van der Waals surface area contributed by atoms with Crippen LogP contribution >= 0.6 is 0 Å². The van der Waals surface area contributed by atoms with E-state index in [9.17, 15) is 4.79 Å². The van der Waals surface area contributed by atoms with Crippen LogP contribution in [0.5, 0.6) is 0 Å². The molecule has 0 aliphatic rings. The molecule has 1 heterocycles. The summed E-state index contributed by atoms with van der Waals surface area (Å²) < 4.78 is 2.28. The Labute approximate surface area is 136 Å². The standard InChI is InChI=1S/C20H22N2O/c1-15-7-9-16(10-8-15)13-22-14-17(11-12-20(23)21-2)18-5-3-4-6-19(18)22/h3-10,14H,11-13H2,1-2H3,(H,21,23). The van der Waals surface area contributed by atoms with Crippen LogP contribution in [-0.2, 0) is 17.8 Å². The highest BCUT2D eigenvalue weighted by atomic mass is 16.1. The van der Waals surface area contributed by atoms with Crippen molar-refractivity contribution < 1.29 is 4.79 Å². The first-order valence-corrected chi connectivity index (χ1v) is 8.00. The van der Waals surface area contributed by atoms with Gasteiger partial charge in [-0.15, -0.1) is 0 Å². The molecule has 3 rings (SSSR count). The number of amides is 1. The molecule has 2 aromatic carbocycles. The van der Waals surface area contributed by atoms with E-state index in [-0.39, 0.29) is 5.91 Å². The van der Waals surface area contributed by atoms with Crippen molar-refractivity contribution in [3.63, 3.8) is 0 Å². The summed E-state index contributed by atoms with van der Waals surface area (Å²) in [4.78, 5) is 11.5. The number of rotatable bonds is 5. The van der Waals surface area contributed by atoms with E-state index in [1.807, 2.05) is 0 Å². The number of aryl methyl sites for hydroxylation is 2. The number of carbonyl (C=O) groups excluding carboxylic acids is 1. The van der Waals surface area contributed by atoms with E-state index in [1.54, 1.807) is 7.05 Å². The van der Waals surface area contributed by atoms with Crippen LogP contribution in [0.15, 0.2) is 54.7 Å². The fraction of sp³-hybridized carbons (Fsp3) is 0.250. The van der Waals surface area contributed by atoms with Crippen LogP contribution in [0.2, 0.25) is 0 Å². The normalized spacial score (nSPS) is 10.9. The van der Waals surface area contributed by atoms with Gasteiger partial charge in [0.1, 0.15) is 0 Å². The molecule has 0 aliphatic heterocycles. The van der Waals surface area contributed by atoms with Gasteiger partial charge in [0.05, 0.1) is 0 Å². The number of nitrogens with zero attached hydrogens (tertiary/aromatic N) is 1. The quantitative estimate of drug-likeness (QED) is 0.766. The van der Waals surface area contributed by atoms with E-state index < -0.39 is 0 Å². The summed E-state index contributed by atoms with van der Waals surface area (Å²) in [6, 6.07) is 17.1. The van der Waals surface area contributed by atoms with Gasteiger partial charge < -0.3 is 9.88 Å². The van der Waals surface area contributed by atoms with E-state index in [0.717, 1.165) is 13.0 Å². The fourth-order valence-electron chi connectivity index (χ4n) is 2.92. The Bertz CT molecular complexity index is 815. The smallest absolute Gasteiger partial charge is 0.220 e. The van der Waals surface area contributed by atoms with E-state index >= 15 is 0 Å². The second-order valence-corrected chi connectivity index (χ2v) is 5.96. The van der Waals surface area contributed by atoms with Gasteiger partial charge >= 0.3 is 0 Å². The summed E-state index contributed by atoms with van der Waals surface area (Å²) >= 11 is 0. The molecule has 0 atom stereocenters. The molecule has 0 saturated heterocycles. The van der Waals surface area contributed by atoms with Gasteiger partial charge in [-0.2, -0.15) is 0 Å². The zero-order valence-corrected chi connectivity index (χ0v) is 13.7. The summed E-state index contributed by atoms with van der Waals surface area (Å²) in [6.07, 6.45) is 3.48. The largest absolute Gasteiger partial charge is 0.359 e. The van der Waals surface area contributed by atoms with Crippen LogP contribution in [0, 0.1) is 6.92 Å². The molecule has 1 N–H and O–H groups in total. The van der Waals surface area contributed by atoms with Gasteiger partial charge in [-0.3, -0.25) is 4.79 Å². The first kappa shape index (κ1) is 15.3. The number of benzene rings is 2. The third-order valence-corrected chi connectivity index (χ3v) is 4.24. The Hall–Kier alpha value is -2.55. The zero-order chi connectivity index (χ0) is 16.2. The molecule has 0 bridgehead atoms. The topological polar surface area (TPSA) is 34.0 Å². The number of para-hydroxylation sites is 1. The highest BCUT2D eigenvalue weighted by molar-refractivity contribution is 5.85. The number of fused-ring (bicyclic) bond motifs is 1. The molecule has 0 aliphatic carbocycles. The Kier molecular flexibility index (Phi) is 4.47. The maximum atomic E-state index is 11.5. The first-order valence-electron chi connectivity index (χ1n) is 8.00. The van der Waals surface area contributed by atoms with E-state index in [0.29, 0.717) is 6.42 Å². The third kappa shape index (κ3) is 3.45. The fourth-order valence-corrected chi connectivity index (χ4v) is 2.92. The zero-order valence-electron chi connectivity index (χ0n) is 13.7. The predicted molar refractivity (Wildman–Crippen MR) is 94.6 cm³/mol. The molecule has 1 amide bonds. The van der Waals surface area contributed by atoms with Crippen molar-refractivity contribution >= 4 is 16.8 Å². The Morgan fingerprint density at radius 2 is 1.83 bits per heavy atom. The van der Waals surface area contributed by atoms with Crippen LogP contribution in [0.4, 0.5) is 0 Å². The summed E-state index contributed by atoms with van der Waals surface area (Å²) in [5.41, 5.74) is 5.02. The van der Waals surface area contributed by atoms with E-state index in [2.05, 4.69) is 71.5 Å². The molecular weight excluding hydrogens is 284 g/mol. The molecule has 3 heteroatoms. The molecule has 0 spiro atoms. The van der Waals surface area contributed by atoms with E-state index in [4.69, 9.17) is 0 Å². The minimum Gasteiger partial charge on any atom is -0.359 e. The van der Waals surface area contributed by atoms with E-state index in [1.165, 1.54) is 27.6 Å². The molecule has 23 heavy (non-hydrogen) atoms. The molecule has 0 fully saturated rings. The first-order chi connectivity index (χ1) is 11.2. The number of nitrogens with one attached hydrogen (secondary N) is 1. The lowest BCUT2D eigenvalue weighted by Gasteiger charge is -2.06. The molecule has 3 nitrogen and oxygen atoms in total. The predicted octanol–water partition coefficient (Wildman–Crippen LogP) is 3.68. The number of carbonyl (C=O) groups is 1. The van der Waals surface area contributed by atoms with Crippen LogP contribution in [-0.4, -0.2) is 17.5 Å². The average molecular weight is 306 g/mol. The molecule has 1 aromatic heterocycles. The van der Waals surface area contributed by atoms with Crippen molar-refractivity contribution in [3.05, 3.63) is 71.4 Å². The maximum Gasteiger partial charge on any atom is 0.220 e. The maximum absolute atomic E-state index is 11.5. The van der Waals surface area contributed by atoms with Gasteiger partial charge in [-0.05, 0) is 30.5 Å². The molecule has 0 unspecified atom stereocenters. The summed E-state index contributed by atoms with van der Waals surface area (Å²) in [5.74, 6) is 0.0837. The summed E-state index contributed by atoms with van der Waals surface area (Å²) in [7, 11) is 1.68. The Balaban J connectivity index is 1.90. The van der Waals surface area contributed by atoms with Gasteiger partial charge in [-0.1, -0.05) is 48.0 Å². The van der Waals surface area contributed by atoms with Crippen molar-refractivity contribution in [1.29, 1.82) is 0 Å². The lowest BCUT2D eigenvalue weighted by atomic mass is 10.1. The van der Waals surface area contributed by atoms with Crippen LogP contribution in [0.3, 0.4) is 0 Å². The number of hydrogen-bond acceptors (Lipinski definition) is 1. The van der Waals surface area contributed by atoms with Gasteiger partial charge in [-0.25, -0.2) is 0 Å². The molecule has 0 saturated carbocycles. The minimum atomic E-state index is 0.0837. The second-order valence-electron chi connectivity index (χ2n) is 5.96. The molecular formula is C20H22N2O. The van der Waals surface area contributed by atoms with Gasteiger partial charge in [0.15, 0.2) is 0 Å². The van der Waals surface area contributed by atoms with Crippen molar-refractivity contribution in [3.8, 4) is 0 Å². The van der Waals surface area contributed by atoms with Gasteiger partial charge in [0.25, 0.3) is 0 Å². The lowest BCUT2D eigenvalue weighted by Crippen LogP contribution is -2.17. The van der Waals surface area contributed by atoms with Crippen molar-refractivity contribution in [2.24, 2.45) is 0 Å². The lowest BCUT2D eigenvalue weighted by molar-refractivity contribution is -0.120. The number of hydrogen-bond donors (Lipinski definition) is 1. The molecule has 3 aromatic rings. The Morgan fingerprint density at radius 1 is 1.09 bits per heavy atom. The SMILES string of the molecule is CNC(=O)CCc1cn(Cc2ccc(C)cc2)c2ccccc12. The summed E-state index contributed by atoms with van der Waals surface area (Å²) in [5, 5.41) is 3.93. The van der Waals surface area contributed by atoms with Crippen LogP contribution in [0.25, 0.3) is 10.9 Å². The van der Waals surface area contributed by atoms with Gasteiger partial charge in [0, 0.05) is 37.1 Å². The number of aromatic nitrogens is 1. The minimum absolute atomic E-state index is 0.0837. The van der Waals surface area contributed by atoms with Gasteiger partial charge in [0.2, 0.25) is 5.91 Å².